The summed E-state index contributed by atoms with van der Waals surface area (Å²) >= 11 is 0. The van der Waals surface area contributed by atoms with Crippen molar-refractivity contribution in [2.24, 2.45) is 5.73 Å². The van der Waals surface area contributed by atoms with Crippen LogP contribution in [0.5, 0.6) is 0 Å². The van der Waals surface area contributed by atoms with Gasteiger partial charge in [-0.1, -0.05) is 0 Å². The van der Waals surface area contributed by atoms with Crippen LogP contribution >= 0.6 is 0 Å². The van der Waals surface area contributed by atoms with Gasteiger partial charge in [-0.2, -0.15) is 5.10 Å². The Balaban J connectivity index is 1.58. The summed E-state index contributed by atoms with van der Waals surface area (Å²) in [6, 6.07) is 8.26. The number of carbonyl (C=O) groups excluding carboxylic acids is 3. The van der Waals surface area contributed by atoms with E-state index in [4.69, 9.17) is 10.8 Å². The molecule has 0 saturated heterocycles. The molecule has 3 heterocycles. The Kier molecular flexibility index (Phi) is 7.20. The average Bonchev–Trinajstić information content (AvgIpc) is 3.14. The van der Waals surface area contributed by atoms with Gasteiger partial charge in [-0.25, -0.2) is 9.37 Å². The fourth-order valence-electron chi connectivity index (χ4n) is 3.80. The Morgan fingerprint density at radius 1 is 1.11 bits per heavy atom. The number of nitrogens with zero attached hydrogens (tertiary/aromatic N) is 4. The number of carbonyl (C=O) groups is 3. The second-order valence-electron chi connectivity index (χ2n) is 8.26. The van der Waals surface area contributed by atoms with Gasteiger partial charge in [-0.15, -0.1) is 0 Å². The summed E-state index contributed by atoms with van der Waals surface area (Å²) < 4.78 is 15.6. The van der Waals surface area contributed by atoms with E-state index in [9.17, 15) is 18.8 Å². The lowest BCUT2D eigenvalue weighted by atomic mass is 10.1. The molecular weight excluding hydrogens is 481 g/mol. The number of aliphatic hydroxyl groups excluding tert-OH is 1. The summed E-state index contributed by atoms with van der Waals surface area (Å²) in [5.41, 5.74) is 8.16. The molecule has 0 bridgehead atoms. The van der Waals surface area contributed by atoms with Crippen LogP contribution in [0.1, 0.15) is 48.3 Å². The normalized spacial score (nSPS) is 10.9. The number of pyridine rings is 2. The lowest BCUT2D eigenvalue weighted by molar-refractivity contribution is 0.0942. The van der Waals surface area contributed by atoms with E-state index < -0.39 is 17.6 Å². The van der Waals surface area contributed by atoms with E-state index in [0.717, 1.165) is 0 Å². The largest absolute Gasteiger partial charge is 0.395 e. The van der Waals surface area contributed by atoms with Gasteiger partial charge in [0.25, 0.3) is 17.7 Å². The third kappa shape index (κ3) is 5.43. The number of primary amides is 1. The van der Waals surface area contributed by atoms with Crippen molar-refractivity contribution in [2.45, 2.75) is 20.4 Å². The van der Waals surface area contributed by atoms with Crippen LogP contribution in [-0.2, 0) is 6.54 Å². The van der Waals surface area contributed by atoms with E-state index in [1.165, 1.54) is 30.5 Å². The number of halogens is 1. The van der Waals surface area contributed by atoms with Gasteiger partial charge in [0.15, 0.2) is 0 Å². The zero-order valence-electron chi connectivity index (χ0n) is 20.1. The van der Waals surface area contributed by atoms with Crippen LogP contribution in [0.3, 0.4) is 0 Å². The molecule has 37 heavy (non-hydrogen) atoms. The molecule has 3 amide bonds. The molecule has 0 spiro atoms. The number of amides is 3. The number of aromatic nitrogens is 4. The molecule has 0 aliphatic heterocycles. The topological polar surface area (TPSA) is 165 Å². The molecule has 0 unspecified atom stereocenters. The fourth-order valence-corrected chi connectivity index (χ4v) is 3.80. The van der Waals surface area contributed by atoms with Crippen molar-refractivity contribution in [2.75, 3.05) is 18.5 Å². The van der Waals surface area contributed by atoms with Gasteiger partial charge in [0.1, 0.15) is 11.5 Å². The standard InChI is InChI=1S/C25H24FN7O4/c1-13-22(14(2)33(32-13)12-17-5-3-15(11-29-17)24(36)28-7-8-34)31-25(37)19-10-21(23(27)35)30-20-6-4-16(26)9-18(19)20/h3-6,9-11,34H,7-8,12H2,1-2H3,(H2,27,35)(H,28,36)(H,31,37). The first kappa shape index (κ1) is 25.4. The number of fused-ring (bicyclic) bond motifs is 1. The number of nitrogens with one attached hydrogen (secondary N) is 2. The molecule has 0 aliphatic carbocycles. The highest BCUT2D eigenvalue weighted by molar-refractivity contribution is 6.14. The van der Waals surface area contributed by atoms with Gasteiger partial charge in [0.05, 0.1) is 52.6 Å². The number of nitrogens with two attached hydrogens (primary N) is 1. The predicted molar refractivity (Wildman–Crippen MR) is 133 cm³/mol. The van der Waals surface area contributed by atoms with Gasteiger partial charge in [-0.3, -0.25) is 24.0 Å². The lowest BCUT2D eigenvalue weighted by Gasteiger charge is -2.10. The highest BCUT2D eigenvalue weighted by atomic mass is 19.1. The molecule has 11 nitrogen and oxygen atoms in total. The van der Waals surface area contributed by atoms with E-state index in [1.54, 1.807) is 30.7 Å². The zero-order valence-corrected chi connectivity index (χ0v) is 20.1. The maximum Gasteiger partial charge on any atom is 0.267 e. The molecule has 3 aromatic heterocycles. The molecule has 0 radical (unpaired) electrons. The maximum absolute atomic E-state index is 13.9. The fraction of sp³-hybridized carbons (Fsp3) is 0.200. The molecule has 0 saturated carbocycles. The minimum Gasteiger partial charge on any atom is -0.395 e. The SMILES string of the molecule is Cc1nn(Cc2ccc(C(=O)NCCO)cn2)c(C)c1NC(=O)c1cc(C(N)=O)nc2ccc(F)cc12. The van der Waals surface area contributed by atoms with Crippen LogP contribution in [-0.4, -0.2) is 55.7 Å². The van der Waals surface area contributed by atoms with Crippen LogP contribution in [0.15, 0.2) is 42.6 Å². The molecule has 0 aliphatic rings. The van der Waals surface area contributed by atoms with E-state index in [0.29, 0.717) is 28.3 Å². The van der Waals surface area contributed by atoms with E-state index >= 15 is 0 Å². The highest BCUT2D eigenvalue weighted by Crippen LogP contribution is 2.24. The molecule has 5 N–H and O–H groups in total. The molecule has 12 heteroatoms. The first-order chi connectivity index (χ1) is 17.7. The quantitative estimate of drug-likeness (QED) is 0.283. The number of anilines is 1. The van der Waals surface area contributed by atoms with Crippen molar-refractivity contribution in [3.8, 4) is 0 Å². The Morgan fingerprint density at radius 3 is 2.57 bits per heavy atom. The van der Waals surface area contributed by atoms with Crippen molar-refractivity contribution >= 4 is 34.3 Å². The van der Waals surface area contributed by atoms with Gasteiger partial charge in [0.2, 0.25) is 0 Å². The zero-order chi connectivity index (χ0) is 26.7. The number of rotatable bonds is 8. The minimum absolute atomic E-state index is 0.0431. The van der Waals surface area contributed by atoms with Crippen LogP contribution in [0.25, 0.3) is 10.9 Å². The molecule has 4 rings (SSSR count). The third-order valence-electron chi connectivity index (χ3n) is 5.68. The Bertz CT molecular complexity index is 1520. The Morgan fingerprint density at radius 2 is 1.89 bits per heavy atom. The summed E-state index contributed by atoms with van der Waals surface area (Å²) in [7, 11) is 0. The molecule has 4 aromatic rings. The smallest absolute Gasteiger partial charge is 0.267 e. The lowest BCUT2D eigenvalue weighted by Crippen LogP contribution is -2.26. The van der Waals surface area contributed by atoms with Crippen molar-refractivity contribution in [3.05, 3.63) is 82.3 Å². The minimum atomic E-state index is -0.815. The first-order valence-corrected chi connectivity index (χ1v) is 11.3. The van der Waals surface area contributed by atoms with Gasteiger partial charge in [0, 0.05) is 18.1 Å². The van der Waals surface area contributed by atoms with Crippen molar-refractivity contribution in [1.29, 1.82) is 0 Å². The monoisotopic (exact) mass is 505 g/mol. The van der Waals surface area contributed by atoms with Crippen molar-refractivity contribution in [3.63, 3.8) is 0 Å². The van der Waals surface area contributed by atoms with Crippen LogP contribution < -0.4 is 16.4 Å². The summed E-state index contributed by atoms with van der Waals surface area (Å²) in [5, 5.41) is 18.9. The van der Waals surface area contributed by atoms with Gasteiger partial charge < -0.3 is 21.5 Å². The maximum atomic E-state index is 13.9. The van der Waals surface area contributed by atoms with Crippen LogP contribution in [0.2, 0.25) is 0 Å². The predicted octanol–water partition coefficient (Wildman–Crippen LogP) is 1.70. The summed E-state index contributed by atoms with van der Waals surface area (Å²) in [4.78, 5) is 45.4. The van der Waals surface area contributed by atoms with Gasteiger partial charge in [-0.05, 0) is 50.2 Å². The Hall–Kier alpha value is -4.71. The summed E-state index contributed by atoms with van der Waals surface area (Å²) in [6.45, 7) is 3.76. The Labute approximate surface area is 210 Å². The molecule has 190 valence electrons. The number of benzene rings is 1. The van der Waals surface area contributed by atoms with Crippen molar-refractivity contribution in [1.82, 2.24) is 25.1 Å². The number of aliphatic hydroxyl groups is 1. The summed E-state index contributed by atoms with van der Waals surface area (Å²) in [5.74, 6) is -2.29. The van der Waals surface area contributed by atoms with Crippen LogP contribution in [0.4, 0.5) is 10.1 Å². The number of hydrogen-bond acceptors (Lipinski definition) is 7. The molecular formula is C25H24FN7O4. The van der Waals surface area contributed by atoms with E-state index in [2.05, 4.69) is 25.7 Å². The first-order valence-electron chi connectivity index (χ1n) is 11.3. The number of aryl methyl sites for hydroxylation is 1. The summed E-state index contributed by atoms with van der Waals surface area (Å²) in [6.07, 6.45) is 1.43. The van der Waals surface area contributed by atoms with Crippen LogP contribution in [0, 0.1) is 19.7 Å². The molecule has 0 fully saturated rings. The number of hydrogen-bond donors (Lipinski definition) is 4. The second-order valence-corrected chi connectivity index (χ2v) is 8.26. The van der Waals surface area contributed by atoms with Gasteiger partial charge >= 0.3 is 0 Å². The van der Waals surface area contributed by atoms with E-state index in [-0.39, 0.29) is 47.8 Å². The highest BCUT2D eigenvalue weighted by Gasteiger charge is 2.20. The van der Waals surface area contributed by atoms with E-state index in [1.807, 2.05) is 0 Å². The van der Waals surface area contributed by atoms with Crippen molar-refractivity contribution < 1.29 is 23.9 Å². The average molecular weight is 506 g/mol. The third-order valence-corrected chi connectivity index (χ3v) is 5.68. The molecule has 0 atom stereocenters. The molecule has 1 aromatic carbocycles. The second kappa shape index (κ2) is 10.5.